The predicted molar refractivity (Wildman–Crippen MR) is 71.9 cm³/mol. The molecule has 0 bridgehead atoms. The number of aliphatic imine (C=N–C) groups is 1. The number of nitrogens with zero attached hydrogens (tertiary/aromatic N) is 1. The van der Waals surface area contributed by atoms with Crippen LogP contribution in [-0.2, 0) is 6.42 Å². The van der Waals surface area contributed by atoms with Crippen molar-refractivity contribution >= 4 is 5.96 Å². The van der Waals surface area contributed by atoms with Crippen molar-refractivity contribution in [3.8, 4) is 0 Å². The number of hydrogen-bond donors (Lipinski definition) is 2. The van der Waals surface area contributed by atoms with E-state index in [9.17, 15) is 13.2 Å². The minimum absolute atomic E-state index is 0.333. The van der Waals surface area contributed by atoms with Crippen molar-refractivity contribution in [1.82, 2.24) is 5.32 Å². The van der Waals surface area contributed by atoms with Gasteiger partial charge < -0.3 is 11.1 Å². The lowest BCUT2D eigenvalue weighted by molar-refractivity contribution is 0.326. The molecule has 1 fully saturated rings. The Balaban J connectivity index is 1.77. The Morgan fingerprint density at radius 2 is 1.90 bits per heavy atom. The molecule has 1 aromatic carbocycles. The van der Waals surface area contributed by atoms with Gasteiger partial charge in [-0.25, -0.2) is 13.2 Å². The van der Waals surface area contributed by atoms with Gasteiger partial charge in [0.15, 0.2) is 23.4 Å². The zero-order chi connectivity index (χ0) is 14.5. The van der Waals surface area contributed by atoms with Crippen molar-refractivity contribution in [2.45, 2.75) is 25.7 Å². The molecule has 0 atom stereocenters. The van der Waals surface area contributed by atoms with Crippen molar-refractivity contribution in [1.29, 1.82) is 0 Å². The van der Waals surface area contributed by atoms with E-state index in [-0.39, 0.29) is 0 Å². The smallest absolute Gasteiger partial charge is 0.194 e. The summed E-state index contributed by atoms with van der Waals surface area (Å²) < 4.78 is 38.8. The minimum atomic E-state index is -1.44. The quantitative estimate of drug-likeness (QED) is 0.495. The molecule has 0 aromatic heterocycles. The van der Waals surface area contributed by atoms with E-state index in [1.54, 1.807) is 0 Å². The molecule has 0 aliphatic heterocycles. The Morgan fingerprint density at radius 1 is 1.25 bits per heavy atom. The Labute approximate surface area is 116 Å². The third kappa shape index (κ3) is 3.88. The normalized spacial score (nSPS) is 16.1. The Kier molecular flexibility index (Phi) is 4.87. The minimum Gasteiger partial charge on any atom is -0.370 e. The first kappa shape index (κ1) is 14.7. The van der Waals surface area contributed by atoms with Crippen molar-refractivity contribution in [2.24, 2.45) is 16.6 Å². The molecule has 110 valence electrons. The fraction of sp³-hybridized carbons (Fsp3) is 0.500. The maximum Gasteiger partial charge on any atom is 0.194 e. The van der Waals surface area contributed by atoms with Gasteiger partial charge in [0, 0.05) is 13.1 Å². The van der Waals surface area contributed by atoms with Crippen LogP contribution in [0.4, 0.5) is 13.2 Å². The lowest BCUT2D eigenvalue weighted by Crippen LogP contribution is -2.34. The molecule has 1 aliphatic carbocycles. The first-order chi connectivity index (χ1) is 9.56. The van der Waals surface area contributed by atoms with Gasteiger partial charge in [0.1, 0.15) is 0 Å². The van der Waals surface area contributed by atoms with Gasteiger partial charge in [-0.15, -0.1) is 0 Å². The van der Waals surface area contributed by atoms with E-state index in [1.165, 1.54) is 19.3 Å². The topological polar surface area (TPSA) is 50.4 Å². The van der Waals surface area contributed by atoms with Gasteiger partial charge in [-0.3, -0.25) is 4.99 Å². The number of benzene rings is 1. The van der Waals surface area contributed by atoms with Crippen LogP contribution in [0.25, 0.3) is 0 Å². The zero-order valence-corrected chi connectivity index (χ0v) is 11.1. The highest BCUT2D eigenvalue weighted by molar-refractivity contribution is 5.77. The summed E-state index contributed by atoms with van der Waals surface area (Å²) in [4.78, 5) is 4.20. The monoisotopic (exact) mass is 285 g/mol. The predicted octanol–water partition coefficient (Wildman–Crippen LogP) is 2.35. The first-order valence-corrected chi connectivity index (χ1v) is 6.73. The largest absolute Gasteiger partial charge is 0.370 e. The van der Waals surface area contributed by atoms with Gasteiger partial charge >= 0.3 is 0 Å². The molecular formula is C14H18F3N3. The number of guanidine groups is 1. The fourth-order valence-electron chi connectivity index (χ4n) is 2.05. The summed E-state index contributed by atoms with van der Waals surface area (Å²) in [6, 6.07) is 1.98. The van der Waals surface area contributed by atoms with E-state index in [4.69, 9.17) is 5.73 Å². The molecule has 0 spiro atoms. The fourth-order valence-corrected chi connectivity index (χ4v) is 2.05. The van der Waals surface area contributed by atoms with E-state index >= 15 is 0 Å². The third-order valence-electron chi connectivity index (χ3n) is 3.51. The van der Waals surface area contributed by atoms with Gasteiger partial charge in [-0.2, -0.15) is 0 Å². The van der Waals surface area contributed by atoms with Crippen LogP contribution in [0.1, 0.15) is 24.8 Å². The van der Waals surface area contributed by atoms with E-state index in [0.29, 0.717) is 30.4 Å². The molecule has 1 aromatic rings. The molecule has 0 saturated heterocycles. The van der Waals surface area contributed by atoms with Gasteiger partial charge in [-0.05, 0) is 42.9 Å². The summed E-state index contributed by atoms with van der Waals surface area (Å²) in [5, 5.41) is 2.88. The molecular weight excluding hydrogens is 267 g/mol. The number of halogens is 3. The van der Waals surface area contributed by atoms with Gasteiger partial charge in [0.25, 0.3) is 0 Å². The van der Waals surface area contributed by atoms with Crippen LogP contribution in [0.2, 0.25) is 0 Å². The standard InChI is InChI=1S/C14H18F3N3/c15-11-6-10(7-12(16)13(11)17)4-5-19-14(18)20-8-9-2-1-3-9/h6-7,9H,1-5,8H2,(H3,18,19,20). The Hall–Kier alpha value is -1.72. The lowest BCUT2D eigenvalue weighted by Gasteiger charge is -2.23. The van der Waals surface area contributed by atoms with Crippen molar-refractivity contribution in [3.63, 3.8) is 0 Å². The number of hydrogen-bond acceptors (Lipinski definition) is 1. The van der Waals surface area contributed by atoms with Crippen LogP contribution < -0.4 is 11.1 Å². The summed E-state index contributed by atoms with van der Waals surface area (Å²) >= 11 is 0. The molecule has 0 amide bonds. The molecule has 0 radical (unpaired) electrons. The summed E-state index contributed by atoms with van der Waals surface area (Å²) in [7, 11) is 0. The highest BCUT2D eigenvalue weighted by Crippen LogP contribution is 2.26. The molecule has 0 unspecified atom stereocenters. The molecule has 20 heavy (non-hydrogen) atoms. The molecule has 0 heterocycles. The van der Waals surface area contributed by atoms with Gasteiger partial charge in [0.2, 0.25) is 0 Å². The molecule has 6 heteroatoms. The lowest BCUT2D eigenvalue weighted by atomic mass is 9.86. The number of nitrogens with two attached hydrogens (primary N) is 1. The van der Waals surface area contributed by atoms with Crippen LogP contribution in [0.3, 0.4) is 0 Å². The van der Waals surface area contributed by atoms with Gasteiger partial charge in [-0.1, -0.05) is 6.42 Å². The maximum atomic E-state index is 13.0. The molecule has 1 saturated carbocycles. The van der Waals surface area contributed by atoms with E-state index < -0.39 is 17.5 Å². The summed E-state index contributed by atoms with van der Waals surface area (Å²) in [5.74, 6) is -2.82. The molecule has 3 N–H and O–H groups in total. The average Bonchev–Trinajstić information content (AvgIpc) is 2.34. The third-order valence-corrected chi connectivity index (χ3v) is 3.51. The SMILES string of the molecule is NC(=NCC1CCC1)NCCc1cc(F)c(F)c(F)c1. The second-order valence-electron chi connectivity index (χ2n) is 5.07. The van der Waals surface area contributed by atoms with Crippen molar-refractivity contribution in [3.05, 3.63) is 35.1 Å². The van der Waals surface area contributed by atoms with Crippen molar-refractivity contribution in [2.75, 3.05) is 13.1 Å². The molecule has 2 rings (SSSR count). The average molecular weight is 285 g/mol. The van der Waals surface area contributed by atoms with Crippen LogP contribution in [0, 0.1) is 23.4 Å². The highest BCUT2D eigenvalue weighted by atomic mass is 19.2. The van der Waals surface area contributed by atoms with E-state index in [2.05, 4.69) is 10.3 Å². The maximum absolute atomic E-state index is 13.0. The second kappa shape index (κ2) is 6.63. The number of rotatable bonds is 5. The van der Waals surface area contributed by atoms with Crippen LogP contribution in [-0.4, -0.2) is 19.0 Å². The first-order valence-electron chi connectivity index (χ1n) is 6.73. The van der Waals surface area contributed by atoms with E-state index in [0.717, 1.165) is 18.7 Å². The highest BCUT2D eigenvalue weighted by Gasteiger charge is 2.16. The zero-order valence-electron chi connectivity index (χ0n) is 11.1. The van der Waals surface area contributed by atoms with Crippen LogP contribution >= 0.6 is 0 Å². The summed E-state index contributed by atoms with van der Waals surface area (Å²) in [6.07, 6.45) is 4.00. The molecule has 3 nitrogen and oxygen atoms in total. The summed E-state index contributed by atoms with van der Waals surface area (Å²) in [5.41, 5.74) is 6.06. The van der Waals surface area contributed by atoms with E-state index in [1.807, 2.05) is 0 Å². The van der Waals surface area contributed by atoms with Gasteiger partial charge in [0.05, 0.1) is 0 Å². The Bertz CT molecular complexity index is 475. The van der Waals surface area contributed by atoms with Crippen LogP contribution in [0.5, 0.6) is 0 Å². The van der Waals surface area contributed by atoms with Crippen molar-refractivity contribution < 1.29 is 13.2 Å². The van der Waals surface area contributed by atoms with Crippen LogP contribution in [0.15, 0.2) is 17.1 Å². The Morgan fingerprint density at radius 3 is 2.45 bits per heavy atom. The molecule has 1 aliphatic rings. The number of nitrogens with one attached hydrogen (secondary N) is 1. The second-order valence-corrected chi connectivity index (χ2v) is 5.07. The summed E-state index contributed by atoms with van der Waals surface area (Å²) in [6.45, 7) is 1.11.